The summed E-state index contributed by atoms with van der Waals surface area (Å²) >= 11 is 5.77. The van der Waals surface area contributed by atoms with Crippen molar-refractivity contribution in [2.24, 2.45) is 0 Å². The van der Waals surface area contributed by atoms with Crippen molar-refractivity contribution in [3.05, 3.63) is 127 Å². The number of hydrogen-bond acceptors (Lipinski definition) is 2. The van der Waals surface area contributed by atoms with Crippen LogP contribution in [0.4, 0.5) is 0 Å². The number of hydrogen-bond donors (Lipinski definition) is 0. The standard InChI is InChI=1S/C26H22BrOPS/c27-29(23-15-7-2-8-16-23,24-17-9-3-10-18-24,25-19-11-4-12-20-25)21-30-26(28)22-13-5-1-6-14-22/h1-20H,21H2. The molecule has 0 aromatic heterocycles. The van der Waals surface area contributed by atoms with E-state index < -0.39 is 5.31 Å². The molecule has 0 atom stereocenters. The first-order chi connectivity index (χ1) is 14.6. The molecule has 4 rings (SSSR count). The van der Waals surface area contributed by atoms with Crippen LogP contribution in [0.15, 0.2) is 121 Å². The van der Waals surface area contributed by atoms with Gasteiger partial charge in [-0.2, -0.15) is 0 Å². The van der Waals surface area contributed by atoms with Gasteiger partial charge in [-0.15, -0.1) is 0 Å². The fraction of sp³-hybridized carbons (Fsp3) is 0.0385. The molecule has 0 aliphatic carbocycles. The van der Waals surface area contributed by atoms with E-state index in [4.69, 9.17) is 0 Å². The Morgan fingerprint density at radius 3 is 1.30 bits per heavy atom. The molecule has 0 saturated carbocycles. The number of rotatable bonds is 6. The first-order valence-electron chi connectivity index (χ1n) is 9.75. The Hall–Kier alpha value is -2.19. The van der Waals surface area contributed by atoms with Crippen molar-refractivity contribution >= 4 is 53.6 Å². The molecule has 4 aromatic carbocycles. The predicted molar refractivity (Wildman–Crippen MR) is 137 cm³/mol. The van der Waals surface area contributed by atoms with Crippen molar-refractivity contribution in [3.8, 4) is 0 Å². The van der Waals surface area contributed by atoms with Crippen LogP contribution in [0, 0.1) is 0 Å². The van der Waals surface area contributed by atoms with Gasteiger partial charge in [0.1, 0.15) is 0 Å². The SMILES string of the molecule is O=C(SCP(Br)(c1ccccc1)(c1ccccc1)c1ccccc1)c1ccccc1. The van der Waals surface area contributed by atoms with E-state index in [1.54, 1.807) is 0 Å². The summed E-state index contributed by atoms with van der Waals surface area (Å²) in [5.41, 5.74) is 1.37. The quantitative estimate of drug-likeness (QED) is 0.291. The zero-order valence-corrected chi connectivity index (χ0v) is 19.7. The summed E-state index contributed by atoms with van der Waals surface area (Å²) in [5.74, 6) is 0. The van der Waals surface area contributed by atoms with E-state index in [0.717, 1.165) is 5.56 Å². The van der Waals surface area contributed by atoms with Gasteiger partial charge in [-0.05, 0) is 0 Å². The van der Waals surface area contributed by atoms with Crippen molar-refractivity contribution in [3.63, 3.8) is 0 Å². The zero-order valence-electron chi connectivity index (χ0n) is 16.4. The second kappa shape index (κ2) is 8.89. The summed E-state index contributed by atoms with van der Waals surface area (Å²) in [6, 6.07) is 41.2. The zero-order chi connectivity index (χ0) is 20.9. The van der Waals surface area contributed by atoms with Gasteiger partial charge in [0.25, 0.3) is 0 Å². The molecule has 30 heavy (non-hydrogen) atoms. The second-order valence-electron chi connectivity index (χ2n) is 7.12. The average molecular weight is 493 g/mol. The van der Waals surface area contributed by atoms with Crippen LogP contribution < -0.4 is 15.9 Å². The minimum atomic E-state index is -3.08. The maximum atomic E-state index is 13.1. The van der Waals surface area contributed by atoms with E-state index in [2.05, 4.69) is 88.3 Å². The molecule has 0 saturated heterocycles. The summed E-state index contributed by atoms with van der Waals surface area (Å²) in [5, 5.41) is 0.660. The van der Waals surface area contributed by atoms with Gasteiger partial charge in [0.05, 0.1) is 0 Å². The third kappa shape index (κ3) is 3.78. The summed E-state index contributed by atoms with van der Waals surface area (Å²) in [6.45, 7) is 0. The summed E-state index contributed by atoms with van der Waals surface area (Å²) in [7, 11) is 0. The fourth-order valence-corrected chi connectivity index (χ4v) is 13.6. The van der Waals surface area contributed by atoms with Crippen LogP contribution in [-0.4, -0.2) is 10.6 Å². The maximum absolute atomic E-state index is 13.1. The van der Waals surface area contributed by atoms with Gasteiger partial charge in [-0.1, -0.05) is 0 Å². The van der Waals surface area contributed by atoms with E-state index in [1.807, 2.05) is 48.5 Å². The summed E-state index contributed by atoms with van der Waals surface area (Å²) in [6.07, 6.45) is 0. The Morgan fingerprint density at radius 1 is 0.600 bits per heavy atom. The van der Waals surface area contributed by atoms with Gasteiger partial charge < -0.3 is 0 Å². The number of thioether (sulfide) groups is 1. The summed E-state index contributed by atoms with van der Waals surface area (Å²) < 4.78 is 0. The third-order valence-corrected chi connectivity index (χ3v) is 17.9. The van der Waals surface area contributed by atoms with Gasteiger partial charge in [-0.25, -0.2) is 0 Å². The Labute approximate surface area is 190 Å². The van der Waals surface area contributed by atoms with Gasteiger partial charge in [0, 0.05) is 0 Å². The molecule has 4 aromatic rings. The second-order valence-corrected chi connectivity index (χ2v) is 17.4. The van der Waals surface area contributed by atoms with Crippen molar-refractivity contribution in [1.82, 2.24) is 0 Å². The normalized spacial score (nSPS) is 12.6. The van der Waals surface area contributed by atoms with Crippen molar-refractivity contribution in [1.29, 1.82) is 0 Å². The van der Waals surface area contributed by atoms with E-state index in [-0.39, 0.29) is 5.12 Å². The van der Waals surface area contributed by atoms with Gasteiger partial charge in [0.2, 0.25) is 0 Å². The Kier molecular flexibility index (Phi) is 6.24. The first-order valence-corrected chi connectivity index (χ1v) is 15.2. The Bertz CT molecular complexity index is 1020. The molecule has 150 valence electrons. The average Bonchev–Trinajstić information content (AvgIpc) is 2.85. The van der Waals surface area contributed by atoms with E-state index >= 15 is 0 Å². The molecular weight excluding hydrogens is 471 g/mol. The molecular formula is C26H22BrOPS. The van der Waals surface area contributed by atoms with Crippen LogP contribution in [0.2, 0.25) is 0 Å². The number of benzene rings is 4. The monoisotopic (exact) mass is 492 g/mol. The van der Waals surface area contributed by atoms with E-state index in [1.165, 1.54) is 27.7 Å². The predicted octanol–water partition coefficient (Wildman–Crippen LogP) is 6.36. The van der Waals surface area contributed by atoms with Crippen LogP contribution in [0.5, 0.6) is 0 Å². The molecule has 1 nitrogen and oxygen atoms in total. The molecule has 0 unspecified atom stereocenters. The van der Waals surface area contributed by atoms with Crippen LogP contribution in [-0.2, 0) is 0 Å². The molecule has 0 bridgehead atoms. The summed E-state index contributed by atoms with van der Waals surface area (Å²) in [4.78, 5) is 13.1. The Balaban J connectivity index is 1.91. The number of carbonyl (C=O) groups excluding carboxylic acids is 1. The molecule has 4 heteroatoms. The Morgan fingerprint density at radius 2 is 0.933 bits per heavy atom. The molecule has 0 aliphatic heterocycles. The molecule has 0 spiro atoms. The third-order valence-electron chi connectivity index (χ3n) is 5.33. The molecule has 0 amide bonds. The van der Waals surface area contributed by atoms with Crippen LogP contribution in [0.1, 0.15) is 10.4 Å². The number of carbonyl (C=O) groups is 1. The van der Waals surface area contributed by atoms with Gasteiger partial charge in [-0.3, -0.25) is 0 Å². The van der Waals surface area contributed by atoms with Crippen molar-refractivity contribution in [2.75, 3.05) is 5.49 Å². The molecule has 0 heterocycles. The van der Waals surface area contributed by atoms with Crippen LogP contribution >= 0.6 is 32.6 Å². The van der Waals surface area contributed by atoms with Gasteiger partial charge in [0.15, 0.2) is 0 Å². The minimum absolute atomic E-state index is 0.0897. The molecule has 0 N–H and O–H groups in total. The molecule has 0 radical (unpaired) electrons. The first kappa shape index (κ1) is 21.1. The van der Waals surface area contributed by atoms with Crippen LogP contribution in [0.25, 0.3) is 0 Å². The molecule has 0 aliphatic rings. The van der Waals surface area contributed by atoms with Gasteiger partial charge >= 0.3 is 191 Å². The van der Waals surface area contributed by atoms with E-state index in [0.29, 0.717) is 5.49 Å². The number of halogens is 1. The van der Waals surface area contributed by atoms with Crippen molar-refractivity contribution in [2.45, 2.75) is 0 Å². The van der Waals surface area contributed by atoms with E-state index in [9.17, 15) is 4.79 Å². The molecule has 0 fully saturated rings. The fourth-order valence-electron chi connectivity index (χ4n) is 3.72. The van der Waals surface area contributed by atoms with Crippen LogP contribution in [0.3, 0.4) is 0 Å². The van der Waals surface area contributed by atoms with Crippen molar-refractivity contribution < 1.29 is 4.79 Å². The topological polar surface area (TPSA) is 17.1 Å².